The molecule has 3 rings (SSSR count). The number of anilines is 1. The average Bonchev–Trinajstić information content (AvgIpc) is 3.06. The van der Waals surface area contributed by atoms with Gasteiger partial charge in [0.15, 0.2) is 0 Å². The zero-order valence-corrected chi connectivity index (χ0v) is 11.9. The minimum Gasteiger partial charge on any atom is -0.399 e. The molecule has 1 aromatic heterocycles. The third-order valence-electron chi connectivity index (χ3n) is 4.29. The summed E-state index contributed by atoms with van der Waals surface area (Å²) in [6.07, 6.45) is 6.89. The molecule has 3 N–H and O–H groups in total. The minimum absolute atomic E-state index is 0.0775. The van der Waals surface area contributed by atoms with Crippen molar-refractivity contribution in [1.29, 1.82) is 0 Å². The molecule has 1 saturated carbocycles. The molecule has 20 heavy (non-hydrogen) atoms. The molecule has 0 radical (unpaired) electrons. The van der Waals surface area contributed by atoms with Gasteiger partial charge in [-0.25, -0.2) is 0 Å². The van der Waals surface area contributed by atoms with Crippen molar-refractivity contribution >= 4 is 22.5 Å². The molecule has 1 amide bonds. The Hall–Kier alpha value is -1.97. The van der Waals surface area contributed by atoms with Gasteiger partial charge in [-0.05, 0) is 37.0 Å². The number of benzene rings is 1. The number of carbonyl (C=O) groups excluding carboxylic acids is 1. The molecule has 0 atom stereocenters. The standard InChI is InChI=1S/C16H21N3O/c1-19(10-11-4-2-3-5-11)16(20)14-9-18-15-7-6-12(17)8-13(14)15/h6-9,11,18H,2-5,10,17H2,1H3. The number of aromatic nitrogens is 1. The van der Waals surface area contributed by atoms with Crippen molar-refractivity contribution in [3.63, 3.8) is 0 Å². The second kappa shape index (κ2) is 5.19. The van der Waals surface area contributed by atoms with Gasteiger partial charge in [-0.1, -0.05) is 12.8 Å². The predicted octanol–water partition coefficient (Wildman–Crippen LogP) is 3.01. The number of H-pyrrole nitrogens is 1. The summed E-state index contributed by atoms with van der Waals surface area (Å²) in [6.45, 7) is 0.855. The van der Waals surface area contributed by atoms with E-state index in [1.54, 1.807) is 6.20 Å². The molecule has 0 aliphatic heterocycles. The van der Waals surface area contributed by atoms with Crippen molar-refractivity contribution in [2.75, 3.05) is 19.3 Å². The fourth-order valence-electron chi connectivity index (χ4n) is 3.18. The van der Waals surface area contributed by atoms with Crippen molar-refractivity contribution in [2.24, 2.45) is 5.92 Å². The van der Waals surface area contributed by atoms with Crippen LogP contribution in [0.4, 0.5) is 5.69 Å². The first-order chi connectivity index (χ1) is 9.65. The fourth-order valence-corrected chi connectivity index (χ4v) is 3.18. The maximum atomic E-state index is 12.6. The fraction of sp³-hybridized carbons (Fsp3) is 0.438. The monoisotopic (exact) mass is 271 g/mol. The lowest BCUT2D eigenvalue weighted by Crippen LogP contribution is -2.31. The molecule has 106 valence electrons. The van der Waals surface area contributed by atoms with Crippen LogP contribution < -0.4 is 5.73 Å². The molecule has 1 aliphatic carbocycles. The summed E-state index contributed by atoms with van der Waals surface area (Å²) in [4.78, 5) is 17.6. The Balaban J connectivity index is 1.82. The SMILES string of the molecule is CN(CC1CCCC1)C(=O)c1c[nH]c2ccc(N)cc12. The number of carbonyl (C=O) groups is 1. The average molecular weight is 271 g/mol. The molecule has 0 unspecified atom stereocenters. The van der Waals surface area contributed by atoms with E-state index in [-0.39, 0.29) is 5.91 Å². The molecule has 1 heterocycles. The second-order valence-corrected chi connectivity index (χ2v) is 5.84. The molecule has 0 spiro atoms. The molecular formula is C16H21N3O. The Bertz CT molecular complexity index is 626. The number of rotatable bonds is 3. The molecule has 0 saturated heterocycles. The zero-order chi connectivity index (χ0) is 14.1. The van der Waals surface area contributed by atoms with E-state index in [0.717, 1.165) is 17.4 Å². The van der Waals surface area contributed by atoms with Crippen molar-refractivity contribution < 1.29 is 4.79 Å². The first kappa shape index (κ1) is 13.0. The van der Waals surface area contributed by atoms with Crippen molar-refractivity contribution in [3.8, 4) is 0 Å². The number of nitrogen functional groups attached to an aromatic ring is 1. The maximum Gasteiger partial charge on any atom is 0.255 e. The van der Waals surface area contributed by atoms with Gasteiger partial charge in [0.05, 0.1) is 5.56 Å². The maximum absolute atomic E-state index is 12.6. The number of amides is 1. The molecule has 1 aliphatic rings. The van der Waals surface area contributed by atoms with Gasteiger partial charge >= 0.3 is 0 Å². The number of aromatic amines is 1. The predicted molar refractivity (Wildman–Crippen MR) is 81.6 cm³/mol. The Morgan fingerprint density at radius 2 is 2.15 bits per heavy atom. The number of nitrogens with one attached hydrogen (secondary N) is 1. The van der Waals surface area contributed by atoms with Crippen molar-refractivity contribution in [1.82, 2.24) is 9.88 Å². The van der Waals surface area contributed by atoms with Crippen LogP contribution >= 0.6 is 0 Å². The van der Waals surface area contributed by atoms with E-state index in [1.807, 2.05) is 30.1 Å². The van der Waals surface area contributed by atoms with Crippen LogP contribution in [-0.4, -0.2) is 29.4 Å². The van der Waals surface area contributed by atoms with Gasteiger partial charge in [0, 0.05) is 36.4 Å². The Labute approximate surface area is 118 Å². The number of hydrogen-bond donors (Lipinski definition) is 2. The molecule has 4 nitrogen and oxygen atoms in total. The van der Waals surface area contributed by atoms with E-state index >= 15 is 0 Å². The quantitative estimate of drug-likeness (QED) is 0.843. The second-order valence-electron chi connectivity index (χ2n) is 5.84. The number of nitrogens with two attached hydrogens (primary N) is 1. The first-order valence-corrected chi connectivity index (χ1v) is 7.27. The van der Waals surface area contributed by atoms with Crippen LogP contribution in [0, 0.1) is 5.92 Å². The van der Waals surface area contributed by atoms with Gasteiger partial charge in [0.1, 0.15) is 0 Å². The summed E-state index contributed by atoms with van der Waals surface area (Å²) >= 11 is 0. The third-order valence-corrected chi connectivity index (χ3v) is 4.29. The molecule has 2 aromatic rings. The molecule has 1 fully saturated rings. The lowest BCUT2D eigenvalue weighted by atomic mass is 10.1. The van der Waals surface area contributed by atoms with Crippen molar-refractivity contribution in [3.05, 3.63) is 30.0 Å². The van der Waals surface area contributed by atoms with Crippen LogP contribution in [0.5, 0.6) is 0 Å². The normalized spacial score (nSPS) is 15.8. The van der Waals surface area contributed by atoms with Crippen LogP contribution in [0.1, 0.15) is 36.0 Å². The van der Waals surface area contributed by atoms with Crippen LogP contribution in [0.2, 0.25) is 0 Å². The Morgan fingerprint density at radius 3 is 2.90 bits per heavy atom. The zero-order valence-electron chi connectivity index (χ0n) is 11.9. The van der Waals surface area contributed by atoms with E-state index in [1.165, 1.54) is 25.7 Å². The highest BCUT2D eigenvalue weighted by Gasteiger charge is 2.21. The summed E-state index contributed by atoms with van der Waals surface area (Å²) in [5.74, 6) is 0.743. The molecule has 1 aromatic carbocycles. The van der Waals surface area contributed by atoms with Crippen LogP contribution in [-0.2, 0) is 0 Å². The topological polar surface area (TPSA) is 62.1 Å². The van der Waals surface area contributed by atoms with Gasteiger partial charge < -0.3 is 15.6 Å². The van der Waals surface area contributed by atoms with Crippen LogP contribution in [0.25, 0.3) is 10.9 Å². The highest BCUT2D eigenvalue weighted by molar-refractivity contribution is 6.07. The summed E-state index contributed by atoms with van der Waals surface area (Å²) in [5.41, 5.74) is 8.18. The summed E-state index contributed by atoms with van der Waals surface area (Å²) in [6, 6.07) is 5.62. The van der Waals surface area contributed by atoms with E-state index in [0.29, 0.717) is 17.2 Å². The highest BCUT2D eigenvalue weighted by Crippen LogP contribution is 2.27. The number of fused-ring (bicyclic) bond motifs is 1. The van der Waals surface area contributed by atoms with Gasteiger partial charge in [-0.2, -0.15) is 0 Å². The van der Waals surface area contributed by atoms with E-state index in [2.05, 4.69) is 4.98 Å². The van der Waals surface area contributed by atoms with Gasteiger partial charge in [-0.15, -0.1) is 0 Å². The lowest BCUT2D eigenvalue weighted by Gasteiger charge is -2.20. The van der Waals surface area contributed by atoms with Gasteiger partial charge in [0.2, 0.25) is 0 Å². The summed E-state index contributed by atoms with van der Waals surface area (Å²) in [5, 5.41) is 0.910. The van der Waals surface area contributed by atoms with E-state index in [9.17, 15) is 4.79 Å². The summed E-state index contributed by atoms with van der Waals surface area (Å²) in [7, 11) is 1.89. The summed E-state index contributed by atoms with van der Waals surface area (Å²) < 4.78 is 0. The molecule has 4 heteroatoms. The first-order valence-electron chi connectivity index (χ1n) is 7.27. The van der Waals surface area contributed by atoms with Crippen molar-refractivity contribution in [2.45, 2.75) is 25.7 Å². The van der Waals surface area contributed by atoms with E-state index in [4.69, 9.17) is 5.73 Å². The smallest absolute Gasteiger partial charge is 0.255 e. The molecule has 0 bridgehead atoms. The minimum atomic E-state index is 0.0775. The molecular weight excluding hydrogens is 250 g/mol. The largest absolute Gasteiger partial charge is 0.399 e. The number of hydrogen-bond acceptors (Lipinski definition) is 2. The third kappa shape index (κ3) is 2.38. The Morgan fingerprint density at radius 1 is 1.40 bits per heavy atom. The van der Waals surface area contributed by atoms with Crippen LogP contribution in [0.3, 0.4) is 0 Å². The van der Waals surface area contributed by atoms with Crippen LogP contribution in [0.15, 0.2) is 24.4 Å². The van der Waals surface area contributed by atoms with Gasteiger partial charge in [-0.3, -0.25) is 4.79 Å². The lowest BCUT2D eigenvalue weighted by molar-refractivity contribution is 0.0775. The number of nitrogens with zero attached hydrogens (tertiary/aromatic N) is 1. The van der Waals surface area contributed by atoms with Gasteiger partial charge in [0.25, 0.3) is 5.91 Å². The highest BCUT2D eigenvalue weighted by atomic mass is 16.2. The Kier molecular flexibility index (Phi) is 3.38. The van der Waals surface area contributed by atoms with E-state index < -0.39 is 0 Å².